The fraction of sp³-hybridized carbons (Fsp3) is 0.571. The summed E-state index contributed by atoms with van der Waals surface area (Å²) in [6.07, 6.45) is 1.07. The molecule has 0 aliphatic carbocycles. The highest BCUT2D eigenvalue weighted by Gasteiger charge is 2.00. The van der Waals surface area contributed by atoms with Crippen LogP contribution < -0.4 is 4.74 Å². The summed E-state index contributed by atoms with van der Waals surface area (Å²) in [5.74, 6) is 1.55. The second-order valence-corrected chi connectivity index (χ2v) is 4.73. The van der Waals surface area contributed by atoms with Crippen LogP contribution in [0, 0.1) is 0 Å². The van der Waals surface area contributed by atoms with Gasteiger partial charge in [-0.05, 0) is 44.1 Å². The summed E-state index contributed by atoms with van der Waals surface area (Å²) in [5.41, 5.74) is 1.34. The molecule has 0 radical (unpaired) electrons. The minimum Gasteiger partial charge on any atom is -0.494 e. The van der Waals surface area contributed by atoms with Crippen molar-refractivity contribution >= 4 is 0 Å². The maximum Gasteiger partial charge on any atom is 0.119 e. The van der Waals surface area contributed by atoms with Crippen LogP contribution >= 0.6 is 0 Å². The van der Waals surface area contributed by atoms with Gasteiger partial charge in [-0.25, -0.2) is 0 Å². The van der Waals surface area contributed by atoms with Gasteiger partial charge >= 0.3 is 0 Å². The molecule has 0 fully saturated rings. The smallest absolute Gasteiger partial charge is 0.119 e. The van der Waals surface area contributed by atoms with Crippen LogP contribution in [-0.4, -0.2) is 32.1 Å². The molecule has 16 heavy (non-hydrogen) atoms. The Labute approximate surface area is 99.2 Å². The minimum absolute atomic E-state index is 0.560. The van der Waals surface area contributed by atoms with E-state index in [0.717, 1.165) is 25.3 Å². The molecule has 0 amide bonds. The first kappa shape index (κ1) is 13.0. The average Bonchev–Trinajstić information content (AvgIpc) is 2.24. The highest BCUT2D eigenvalue weighted by molar-refractivity contribution is 5.30. The van der Waals surface area contributed by atoms with E-state index in [-0.39, 0.29) is 0 Å². The lowest BCUT2D eigenvalue weighted by Gasteiger charge is -2.12. The quantitative estimate of drug-likeness (QED) is 0.684. The van der Waals surface area contributed by atoms with Gasteiger partial charge in [0.15, 0.2) is 0 Å². The molecule has 1 rings (SSSR count). The molecule has 1 aromatic carbocycles. The van der Waals surface area contributed by atoms with Gasteiger partial charge in [-0.1, -0.05) is 26.0 Å². The standard InChI is InChI=1S/C14H23NO/c1-12(2)13-7-5-8-14(11-13)16-10-6-9-15(3)4/h5,7-8,11-12H,6,9-10H2,1-4H3. The molecule has 2 heteroatoms. The van der Waals surface area contributed by atoms with E-state index in [1.807, 2.05) is 6.07 Å². The van der Waals surface area contributed by atoms with Gasteiger partial charge in [0.25, 0.3) is 0 Å². The number of benzene rings is 1. The largest absolute Gasteiger partial charge is 0.494 e. The Morgan fingerprint density at radius 3 is 2.62 bits per heavy atom. The third-order valence-corrected chi connectivity index (χ3v) is 2.54. The van der Waals surface area contributed by atoms with Crippen molar-refractivity contribution in [2.24, 2.45) is 0 Å². The molecule has 0 aliphatic heterocycles. The number of hydrogen-bond donors (Lipinski definition) is 0. The Hall–Kier alpha value is -1.02. The van der Waals surface area contributed by atoms with Crippen molar-refractivity contribution in [2.75, 3.05) is 27.2 Å². The van der Waals surface area contributed by atoms with Gasteiger partial charge < -0.3 is 9.64 Å². The van der Waals surface area contributed by atoms with Crippen molar-refractivity contribution in [3.05, 3.63) is 29.8 Å². The third-order valence-electron chi connectivity index (χ3n) is 2.54. The fourth-order valence-corrected chi connectivity index (χ4v) is 1.53. The summed E-state index contributed by atoms with van der Waals surface area (Å²) in [6.45, 7) is 6.26. The van der Waals surface area contributed by atoms with Crippen molar-refractivity contribution in [1.29, 1.82) is 0 Å². The normalized spacial score (nSPS) is 11.1. The maximum absolute atomic E-state index is 5.72. The Morgan fingerprint density at radius 1 is 1.25 bits per heavy atom. The Bertz CT molecular complexity index is 307. The molecule has 0 saturated heterocycles. The van der Waals surface area contributed by atoms with Crippen molar-refractivity contribution in [2.45, 2.75) is 26.2 Å². The highest BCUT2D eigenvalue weighted by Crippen LogP contribution is 2.20. The molecule has 0 unspecified atom stereocenters. The third kappa shape index (κ3) is 4.67. The molecule has 0 aromatic heterocycles. The molecule has 0 aliphatic rings. The molecule has 1 aromatic rings. The van der Waals surface area contributed by atoms with E-state index in [0.29, 0.717) is 5.92 Å². The lowest BCUT2D eigenvalue weighted by molar-refractivity contribution is 0.281. The van der Waals surface area contributed by atoms with Crippen LogP contribution in [0.3, 0.4) is 0 Å². The first-order valence-electron chi connectivity index (χ1n) is 5.97. The molecule has 0 N–H and O–H groups in total. The van der Waals surface area contributed by atoms with Gasteiger partial charge in [-0.15, -0.1) is 0 Å². The van der Waals surface area contributed by atoms with Crippen LogP contribution in [0.1, 0.15) is 31.7 Å². The van der Waals surface area contributed by atoms with Gasteiger partial charge in [-0.2, -0.15) is 0 Å². The number of ether oxygens (including phenoxy) is 1. The van der Waals surface area contributed by atoms with Gasteiger partial charge in [0.05, 0.1) is 6.61 Å². The van der Waals surface area contributed by atoms with E-state index in [4.69, 9.17) is 4.74 Å². The molecular formula is C14H23NO. The van der Waals surface area contributed by atoms with Crippen LogP contribution in [0.5, 0.6) is 5.75 Å². The first-order chi connectivity index (χ1) is 7.59. The zero-order chi connectivity index (χ0) is 12.0. The van der Waals surface area contributed by atoms with Crippen molar-refractivity contribution in [3.63, 3.8) is 0 Å². The van der Waals surface area contributed by atoms with Gasteiger partial charge in [-0.3, -0.25) is 0 Å². The maximum atomic E-state index is 5.72. The van der Waals surface area contributed by atoms with E-state index >= 15 is 0 Å². The highest BCUT2D eigenvalue weighted by atomic mass is 16.5. The fourth-order valence-electron chi connectivity index (χ4n) is 1.53. The van der Waals surface area contributed by atoms with Gasteiger partial charge in [0, 0.05) is 6.54 Å². The minimum atomic E-state index is 0.560. The lowest BCUT2D eigenvalue weighted by atomic mass is 10.0. The molecule has 90 valence electrons. The molecule has 0 atom stereocenters. The molecule has 0 heterocycles. The van der Waals surface area contributed by atoms with E-state index in [1.165, 1.54) is 5.56 Å². The summed E-state index contributed by atoms with van der Waals surface area (Å²) in [6, 6.07) is 8.38. The summed E-state index contributed by atoms with van der Waals surface area (Å²) in [5, 5.41) is 0. The average molecular weight is 221 g/mol. The van der Waals surface area contributed by atoms with Crippen molar-refractivity contribution < 1.29 is 4.74 Å². The molecule has 0 bridgehead atoms. The van der Waals surface area contributed by atoms with E-state index in [2.05, 4.69) is 51.0 Å². The number of hydrogen-bond acceptors (Lipinski definition) is 2. The first-order valence-corrected chi connectivity index (χ1v) is 5.97. The lowest BCUT2D eigenvalue weighted by Crippen LogP contribution is -2.15. The Morgan fingerprint density at radius 2 is 2.00 bits per heavy atom. The zero-order valence-electron chi connectivity index (χ0n) is 10.9. The summed E-state index contributed by atoms with van der Waals surface area (Å²) >= 11 is 0. The van der Waals surface area contributed by atoms with Crippen molar-refractivity contribution in [3.8, 4) is 5.75 Å². The zero-order valence-corrected chi connectivity index (χ0v) is 10.9. The summed E-state index contributed by atoms with van der Waals surface area (Å²) in [7, 11) is 4.17. The summed E-state index contributed by atoms with van der Waals surface area (Å²) < 4.78 is 5.72. The van der Waals surface area contributed by atoms with Crippen LogP contribution in [0.25, 0.3) is 0 Å². The van der Waals surface area contributed by atoms with Crippen LogP contribution in [0.15, 0.2) is 24.3 Å². The Kier molecular flexibility index (Phi) is 5.33. The SMILES string of the molecule is CC(C)c1cccc(OCCCN(C)C)c1. The summed E-state index contributed by atoms with van der Waals surface area (Å²) in [4.78, 5) is 2.17. The van der Waals surface area contributed by atoms with Gasteiger partial charge in [0.2, 0.25) is 0 Å². The number of nitrogens with zero attached hydrogens (tertiary/aromatic N) is 1. The van der Waals surface area contributed by atoms with Crippen LogP contribution in [0.2, 0.25) is 0 Å². The Balaban J connectivity index is 2.39. The van der Waals surface area contributed by atoms with Crippen LogP contribution in [0.4, 0.5) is 0 Å². The predicted molar refractivity (Wildman–Crippen MR) is 69.2 cm³/mol. The van der Waals surface area contributed by atoms with Crippen LogP contribution in [-0.2, 0) is 0 Å². The molecule has 2 nitrogen and oxygen atoms in total. The van der Waals surface area contributed by atoms with E-state index in [9.17, 15) is 0 Å². The second kappa shape index (κ2) is 6.54. The molecule has 0 spiro atoms. The second-order valence-electron chi connectivity index (χ2n) is 4.73. The van der Waals surface area contributed by atoms with Crippen molar-refractivity contribution in [1.82, 2.24) is 4.90 Å². The monoisotopic (exact) mass is 221 g/mol. The van der Waals surface area contributed by atoms with E-state index < -0.39 is 0 Å². The molecule has 0 saturated carbocycles. The number of rotatable bonds is 6. The molecular weight excluding hydrogens is 198 g/mol. The topological polar surface area (TPSA) is 12.5 Å². The van der Waals surface area contributed by atoms with E-state index in [1.54, 1.807) is 0 Å². The predicted octanol–water partition coefficient (Wildman–Crippen LogP) is 3.14. The van der Waals surface area contributed by atoms with Gasteiger partial charge in [0.1, 0.15) is 5.75 Å².